The van der Waals surface area contributed by atoms with Gasteiger partial charge in [-0.3, -0.25) is 0 Å². The summed E-state index contributed by atoms with van der Waals surface area (Å²) >= 11 is 3.53. The number of hydrogen-bond donors (Lipinski definition) is 0. The van der Waals surface area contributed by atoms with Gasteiger partial charge in [0, 0.05) is 5.33 Å². The molecule has 0 spiro atoms. The summed E-state index contributed by atoms with van der Waals surface area (Å²) < 4.78 is 1.21. The van der Waals surface area contributed by atoms with E-state index in [0.717, 1.165) is 5.33 Å². The van der Waals surface area contributed by atoms with Gasteiger partial charge in [-0.2, -0.15) is 0 Å². The fourth-order valence-electron chi connectivity index (χ4n) is 3.30. The molecule has 0 fully saturated rings. The molecule has 0 N–H and O–H groups in total. The van der Waals surface area contributed by atoms with Gasteiger partial charge in [0.25, 0.3) is 0 Å². The molecule has 0 saturated carbocycles. The Hall–Kier alpha value is 1.17. The summed E-state index contributed by atoms with van der Waals surface area (Å²) in [4.78, 5) is 0. The van der Waals surface area contributed by atoms with Crippen LogP contribution >= 0.6 is 15.9 Å². The molecule has 0 aliphatic carbocycles. The number of nitrogens with zero attached hydrogens (tertiary/aromatic N) is 1. The molecule has 0 atom stereocenters. The Kier molecular flexibility index (Phi) is 23.4. The summed E-state index contributed by atoms with van der Waals surface area (Å²) in [7, 11) is 4.80. The quantitative estimate of drug-likeness (QED) is 0.110. The standard InChI is InChI=1S/C21H45BrN.HI/c1-4-5-6-7-8-9-10-11-12-13-14-15-17-20-23(2,3)21-18-16-19-22;/h4-21H2,1-3H3;1H/q+1;/p-1. The number of halogens is 2. The average molecular weight is 518 g/mol. The molecule has 0 rings (SSSR count). The van der Waals surface area contributed by atoms with Crippen LogP contribution in [0.25, 0.3) is 0 Å². The number of rotatable bonds is 18. The molecule has 24 heavy (non-hydrogen) atoms. The van der Waals surface area contributed by atoms with Crippen molar-refractivity contribution in [3.8, 4) is 0 Å². The first-order valence-corrected chi connectivity index (χ1v) is 11.6. The van der Waals surface area contributed by atoms with E-state index >= 15 is 0 Å². The van der Waals surface area contributed by atoms with Gasteiger partial charge in [0.05, 0.1) is 27.2 Å². The molecule has 0 aromatic rings. The molecule has 0 radical (unpaired) electrons. The summed E-state index contributed by atoms with van der Waals surface area (Å²) in [6.07, 6.45) is 21.6. The SMILES string of the molecule is CCCCCCCCCCCCCCC[N+](C)(C)CCCCBr.[I-]. The minimum Gasteiger partial charge on any atom is -1.00 e. The lowest BCUT2D eigenvalue weighted by molar-refractivity contribution is -0.890. The van der Waals surface area contributed by atoms with E-state index in [1.165, 1.54) is 114 Å². The van der Waals surface area contributed by atoms with E-state index in [2.05, 4.69) is 36.9 Å². The zero-order chi connectivity index (χ0) is 17.2. The molecular weight excluding hydrogens is 473 g/mol. The summed E-state index contributed by atoms with van der Waals surface area (Å²) in [5, 5.41) is 1.16. The molecule has 0 amide bonds. The van der Waals surface area contributed by atoms with Crippen molar-refractivity contribution in [3.63, 3.8) is 0 Å². The third kappa shape index (κ3) is 21.2. The van der Waals surface area contributed by atoms with Crippen LogP contribution in [0.2, 0.25) is 0 Å². The van der Waals surface area contributed by atoms with Gasteiger partial charge in [-0.25, -0.2) is 0 Å². The highest BCUT2D eigenvalue weighted by molar-refractivity contribution is 9.09. The maximum atomic E-state index is 3.53. The van der Waals surface area contributed by atoms with Crippen molar-refractivity contribution in [2.75, 3.05) is 32.5 Å². The average Bonchev–Trinajstić information content (AvgIpc) is 2.52. The van der Waals surface area contributed by atoms with E-state index in [1.54, 1.807) is 0 Å². The lowest BCUT2D eigenvalue weighted by Crippen LogP contribution is -3.00. The molecule has 0 aromatic carbocycles. The summed E-state index contributed by atoms with van der Waals surface area (Å²) in [5.41, 5.74) is 0. The van der Waals surface area contributed by atoms with Crippen molar-refractivity contribution < 1.29 is 28.5 Å². The highest BCUT2D eigenvalue weighted by Crippen LogP contribution is 2.13. The van der Waals surface area contributed by atoms with Crippen molar-refractivity contribution in [2.45, 2.75) is 103 Å². The Bertz CT molecular complexity index is 234. The second-order valence-corrected chi connectivity index (χ2v) is 8.81. The minimum atomic E-state index is 0. The normalized spacial score (nSPS) is 11.5. The zero-order valence-electron chi connectivity index (χ0n) is 16.9. The number of hydrogen-bond acceptors (Lipinski definition) is 0. The van der Waals surface area contributed by atoms with Gasteiger partial charge in [0.15, 0.2) is 0 Å². The molecule has 0 aromatic heterocycles. The molecule has 0 aliphatic rings. The Balaban J connectivity index is 0. The first kappa shape index (κ1) is 27.4. The smallest absolute Gasteiger partial charge is 0.0782 e. The molecule has 0 bridgehead atoms. The summed E-state index contributed by atoms with van der Waals surface area (Å²) in [6, 6.07) is 0. The second-order valence-electron chi connectivity index (χ2n) is 8.02. The van der Waals surface area contributed by atoms with Crippen LogP contribution in [0.1, 0.15) is 103 Å². The van der Waals surface area contributed by atoms with E-state index in [1.807, 2.05) is 0 Å². The maximum absolute atomic E-state index is 3.53. The third-order valence-corrected chi connectivity index (χ3v) is 5.57. The number of alkyl halides is 1. The zero-order valence-corrected chi connectivity index (χ0v) is 20.7. The lowest BCUT2D eigenvalue weighted by atomic mass is 10.0. The van der Waals surface area contributed by atoms with E-state index < -0.39 is 0 Å². The van der Waals surface area contributed by atoms with Crippen molar-refractivity contribution in [3.05, 3.63) is 0 Å². The Morgan fingerprint density at radius 2 is 0.875 bits per heavy atom. The maximum Gasteiger partial charge on any atom is 0.0782 e. The molecule has 0 heterocycles. The molecular formula is C21H45BrIN. The molecule has 0 saturated heterocycles. The van der Waals surface area contributed by atoms with Crippen molar-refractivity contribution in [1.82, 2.24) is 0 Å². The van der Waals surface area contributed by atoms with Gasteiger partial charge in [0.1, 0.15) is 0 Å². The van der Waals surface area contributed by atoms with Crippen LogP contribution in [-0.2, 0) is 0 Å². The van der Waals surface area contributed by atoms with Gasteiger partial charge in [-0.15, -0.1) is 0 Å². The number of quaternary nitrogens is 1. The first-order valence-electron chi connectivity index (χ1n) is 10.5. The Labute approximate surface area is 179 Å². The predicted molar refractivity (Wildman–Crippen MR) is 111 cm³/mol. The van der Waals surface area contributed by atoms with Crippen LogP contribution < -0.4 is 24.0 Å². The van der Waals surface area contributed by atoms with Gasteiger partial charge in [0.2, 0.25) is 0 Å². The highest BCUT2D eigenvalue weighted by atomic mass is 127. The van der Waals surface area contributed by atoms with Crippen LogP contribution in [0.3, 0.4) is 0 Å². The Morgan fingerprint density at radius 1 is 0.542 bits per heavy atom. The minimum absolute atomic E-state index is 0. The van der Waals surface area contributed by atoms with E-state index in [0.29, 0.717) is 0 Å². The van der Waals surface area contributed by atoms with Crippen LogP contribution in [0.15, 0.2) is 0 Å². The van der Waals surface area contributed by atoms with Crippen molar-refractivity contribution in [2.24, 2.45) is 0 Å². The summed E-state index contributed by atoms with van der Waals surface area (Å²) in [5.74, 6) is 0. The fourth-order valence-corrected chi connectivity index (χ4v) is 3.70. The molecule has 1 nitrogen and oxygen atoms in total. The molecule has 3 heteroatoms. The van der Waals surface area contributed by atoms with Crippen LogP contribution in [0.5, 0.6) is 0 Å². The largest absolute Gasteiger partial charge is 1.00 e. The molecule has 148 valence electrons. The van der Waals surface area contributed by atoms with Gasteiger partial charge < -0.3 is 28.5 Å². The topological polar surface area (TPSA) is 0 Å². The molecule has 0 unspecified atom stereocenters. The van der Waals surface area contributed by atoms with Crippen LogP contribution in [0.4, 0.5) is 0 Å². The van der Waals surface area contributed by atoms with E-state index in [9.17, 15) is 0 Å². The third-order valence-electron chi connectivity index (χ3n) is 5.01. The second kappa shape index (κ2) is 20.5. The predicted octanol–water partition coefficient (Wildman–Crippen LogP) is 4.33. The monoisotopic (exact) mass is 517 g/mol. The number of unbranched alkanes of at least 4 members (excludes halogenated alkanes) is 13. The van der Waals surface area contributed by atoms with Gasteiger partial charge >= 0.3 is 0 Å². The highest BCUT2D eigenvalue weighted by Gasteiger charge is 2.13. The van der Waals surface area contributed by atoms with Gasteiger partial charge in [-0.1, -0.05) is 93.5 Å². The first-order chi connectivity index (χ1) is 11.1. The van der Waals surface area contributed by atoms with E-state index in [4.69, 9.17) is 0 Å². The van der Waals surface area contributed by atoms with Crippen LogP contribution in [0, 0.1) is 0 Å². The fraction of sp³-hybridized carbons (Fsp3) is 1.00. The van der Waals surface area contributed by atoms with Crippen LogP contribution in [-0.4, -0.2) is 37.0 Å². The van der Waals surface area contributed by atoms with E-state index in [-0.39, 0.29) is 24.0 Å². The van der Waals surface area contributed by atoms with Gasteiger partial charge in [-0.05, 0) is 25.7 Å². The summed E-state index contributed by atoms with van der Waals surface area (Å²) in [6.45, 7) is 4.99. The Morgan fingerprint density at radius 3 is 1.25 bits per heavy atom. The van der Waals surface area contributed by atoms with Crippen molar-refractivity contribution in [1.29, 1.82) is 0 Å². The van der Waals surface area contributed by atoms with Crippen molar-refractivity contribution >= 4 is 15.9 Å². The lowest BCUT2D eigenvalue weighted by Gasteiger charge is -2.29. The molecule has 0 aliphatic heterocycles.